The molecule has 16 heavy (non-hydrogen) atoms. The van der Waals surface area contributed by atoms with Gasteiger partial charge in [0.1, 0.15) is 0 Å². The fourth-order valence-electron chi connectivity index (χ4n) is 1.63. The minimum Gasteiger partial charge on any atom is -0.290 e. The van der Waals surface area contributed by atoms with Crippen LogP contribution in [0.3, 0.4) is 0 Å². The smallest absolute Gasteiger partial charge is 0.229 e. The van der Waals surface area contributed by atoms with Gasteiger partial charge in [-0.3, -0.25) is 9.59 Å². The van der Waals surface area contributed by atoms with E-state index < -0.39 is 5.41 Å². The second kappa shape index (κ2) is 4.20. The van der Waals surface area contributed by atoms with Crippen LogP contribution in [0.25, 0.3) is 0 Å². The van der Waals surface area contributed by atoms with Crippen molar-refractivity contribution >= 4 is 11.6 Å². The summed E-state index contributed by atoms with van der Waals surface area (Å²) in [5.74, 6) is -0.701. The molecule has 86 valence electrons. The second-order valence-electron chi connectivity index (χ2n) is 5.18. The zero-order valence-electron chi connectivity index (χ0n) is 10.5. The molecule has 0 unspecified atom stereocenters. The summed E-state index contributed by atoms with van der Waals surface area (Å²) in [7, 11) is 0. The van der Waals surface area contributed by atoms with E-state index in [1.54, 1.807) is 20.8 Å². The second-order valence-corrected chi connectivity index (χ2v) is 5.18. The molecular formula is C14H18O2. The highest BCUT2D eigenvalue weighted by atomic mass is 16.2. The maximum Gasteiger partial charge on any atom is 0.229 e. The average molecular weight is 218 g/mol. The predicted molar refractivity (Wildman–Crippen MR) is 64.7 cm³/mol. The van der Waals surface area contributed by atoms with E-state index in [4.69, 9.17) is 0 Å². The average Bonchev–Trinajstić information content (AvgIpc) is 2.14. The van der Waals surface area contributed by atoms with Gasteiger partial charge in [-0.2, -0.15) is 0 Å². The van der Waals surface area contributed by atoms with Gasteiger partial charge in [-0.25, -0.2) is 0 Å². The summed E-state index contributed by atoms with van der Waals surface area (Å²) >= 11 is 0. The molecule has 0 aliphatic heterocycles. The van der Waals surface area contributed by atoms with Crippen molar-refractivity contribution in [2.45, 2.75) is 34.6 Å². The molecule has 2 heteroatoms. The summed E-state index contributed by atoms with van der Waals surface area (Å²) in [6, 6.07) is 5.61. The highest BCUT2D eigenvalue weighted by molar-refractivity contribution is 6.45. The minimum atomic E-state index is -0.619. The van der Waals surface area contributed by atoms with Crippen LogP contribution in [-0.2, 0) is 4.79 Å². The number of rotatable bonds is 2. The number of ketones is 2. The molecule has 1 aromatic rings. The molecule has 0 atom stereocenters. The first-order chi connectivity index (χ1) is 7.25. The van der Waals surface area contributed by atoms with E-state index >= 15 is 0 Å². The molecule has 0 aliphatic rings. The van der Waals surface area contributed by atoms with Gasteiger partial charge in [0.25, 0.3) is 0 Å². The Balaban J connectivity index is 3.21. The van der Waals surface area contributed by atoms with Gasteiger partial charge in [0.15, 0.2) is 0 Å². The Labute approximate surface area is 96.7 Å². The summed E-state index contributed by atoms with van der Waals surface area (Å²) < 4.78 is 0. The summed E-state index contributed by atoms with van der Waals surface area (Å²) in [5.41, 5.74) is 1.67. The summed E-state index contributed by atoms with van der Waals surface area (Å²) in [6.07, 6.45) is 0. The molecule has 0 aromatic heterocycles. The van der Waals surface area contributed by atoms with Crippen molar-refractivity contribution in [1.82, 2.24) is 0 Å². The van der Waals surface area contributed by atoms with E-state index in [-0.39, 0.29) is 11.6 Å². The highest BCUT2D eigenvalue weighted by Crippen LogP contribution is 2.21. The number of carbonyl (C=O) groups excluding carboxylic acids is 2. The lowest BCUT2D eigenvalue weighted by Crippen LogP contribution is -2.29. The number of Topliss-reactive ketones (excluding diaryl/α,β-unsaturated/α-hetero) is 2. The van der Waals surface area contributed by atoms with Crippen LogP contribution in [0.2, 0.25) is 0 Å². The van der Waals surface area contributed by atoms with Crippen LogP contribution < -0.4 is 0 Å². The predicted octanol–water partition coefficient (Wildman–Crippen LogP) is 3.10. The van der Waals surface area contributed by atoms with E-state index in [2.05, 4.69) is 0 Å². The van der Waals surface area contributed by atoms with Crippen molar-refractivity contribution in [3.8, 4) is 0 Å². The van der Waals surface area contributed by atoms with E-state index in [0.717, 1.165) is 11.1 Å². The molecule has 0 bridgehead atoms. The largest absolute Gasteiger partial charge is 0.290 e. The lowest BCUT2D eigenvalue weighted by molar-refractivity contribution is -0.121. The van der Waals surface area contributed by atoms with E-state index in [9.17, 15) is 9.59 Å². The van der Waals surface area contributed by atoms with Crippen LogP contribution in [-0.4, -0.2) is 11.6 Å². The molecule has 0 saturated carbocycles. The Hall–Kier alpha value is -1.44. The number of hydrogen-bond acceptors (Lipinski definition) is 2. The molecule has 1 rings (SSSR count). The molecule has 0 heterocycles. The van der Waals surface area contributed by atoms with Crippen LogP contribution in [0.1, 0.15) is 42.3 Å². The van der Waals surface area contributed by atoms with Crippen molar-refractivity contribution in [3.63, 3.8) is 0 Å². The number of aryl methyl sites for hydroxylation is 2. The van der Waals surface area contributed by atoms with E-state index in [0.29, 0.717) is 5.56 Å². The lowest BCUT2D eigenvalue weighted by Gasteiger charge is -2.17. The van der Waals surface area contributed by atoms with Gasteiger partial charge in [-0.05, 0) is 25.0 Å². The van der Waals surface area contributed by atoms with Gasteiger partial charge in [0.2, 0.25) is 11.6 Å². The van der Waals surface area contributed by atoms with Gasteiger partial charge in [-0.1, -0.05) is 39.0 Å². The van der Waals surface area contributed by atoms with Crippen molar-refractivity contribution in [1.29, 1.82) is 0 Å². The Bertz CT molecular complexity index is 416. The van der Waals surface area contributed by atoms with Crippen molar-refractivity contribution < 1.29 is 9.59 Å². The molecule has 0 fully saturated rings. The standard InChI is InChI=1S/C14H18O2/c1-9-7-6-8-10(2)11(9)12(15)13(16)14(3,4)5/h6-8H,1-5H3. The summed E-state index contributed by atoms with van der Waals surface area (Å²) in [4.78, 5) is 24.0. The molecule has 0 radical (unpaired) electrons. The van der Waals surface area contributed by atoms with Crippen LogP contribution in [0.5, 0.6) is 0 Å². The molecule has 2 nitrogen and oxygen atoms in total. The Morgan fingerprint density at radius 3 is 1.81 bits per heavy atom. The highest BCUT2D eigenvalue weighted by Gasteiger charge is 2.30. The monoisotopic (exact) mass is 218 g/mol. The third kappa shape index (κ3) is 2.38. The molecule has 0 N–H and O–H groups in total. The Morgan fingerprint density at radius 1 is 1.00 bits per heavy atom. The fraction of sp³-hybridized carbons (Fsp3) is 0.429. The van der Waals surface area contributed by atoms with E-state index in [1.165, 1.54) is 0 Å². The SMILES string of the molecule is Cc1cccc(C)c1C(=O)C(=O)C(C)(C)C. The number of carbonyl (C=O) groups is 2. The van der Waals surface area contributed by atoms with Crippen molar-refractivity contribution in [3.05, 3.63) is 34.9 Å². The molecule has 0 spiro atoms. The fourth-order valence-corrected chi connectivity index (χ4v) is 1.63. The van der Waals surface area contributed by atoms with Crippen molar-refractivity contribution in [2.75, 3.05) is 0 Å². The normalized spacial score (nSPS) is 11.3. The topological polar surface area (TPSA) is 34.1 Å². The Kier molecular flexibility index (Phi) is 3.32. The quantitative estimate of drug-likeness (QED) is 0.564. The van der Waals surface area contributed by atoms with Crippen LogP contribution in [0.4, 0.5) is 0 Å². The van der Waals surface area contributed by atoms with Crippen LogP contribution >= 0.6 is 0 Å². The van der Waals surface area contributed by atoms with Crippen LogP contribution in [0, 0.1) is 19.3 Å². The van der Waals surface area contributed by atoms with Crippen molar-refractivity contribution in [2.24, 2.45) is 5.41 Å². The Morgan fingerprint density at radius 2 is 1.44 bits per heavy atom. The van der Waals surface area contributed by atoms with Gasteiger partial charge in [-0.15, -0.1) is 0 Å². The molecular weight excluding hydrogens is 200 g/mol. The first kappa shape index (κ1) is 12.6. The molecule has 0 amide bonds. The summed E-state index contributed by atoms with van der Waals surface area (Å²) in [6.45, 7) is 9.01. The first-order valence-corrected chi connectivity index (χ1v) is 5.40. The van der Waals surface area contributed by atoms with Gasteiger partial charge >= 0.3 is 0 Å². The first-order valence-electron chi connectivity index (χ1n) is 5.40. The van der Waals surface area contributed by atoms with Gasteiger partial charge in [0, 0.05) is 11.0 Å². The lowest BCUT2D eigenvalue weighted by atomic mass is 9.84. The van der Waals surface area contributed by atoms with Gasteiger partial charge in [0.05, 0.1) is 0 Å². The zero-order chi connectivity index (χ0) is 12.5. The number of benzene rings is 1. The summed E-state index contributed by atoms with van der Waals surface area (Å²) in [5, 5.41) is 0. The molecule has 0 aliphatic carbocycles. The molecule has 0 saturated heterocycles. The maximum atomic E-state index is 12.1. The van der Waals surface area contributed by atoms with E-state index in [1.807, 2.05) is 32.0 Å². The minimum absolute atomic E-state index is 0.329. The third-order valence-corrected chi connectivity index (χ3v) is 2.60. The van der Waals surface area contributed by atoms with Gasteiger partial charge < -0.3 is 0 Å². The van der Waals surface area contributed by atoms with Crippen LogP contribution in [0.15, 0.2) is 18.2 Å². The molecule has 1 aromatic carbocycles. The zero-order valence-corrected chi connectivity index (χ0v) is 10.5. The maximum absolute atomic E-state index is 12.1. The third-order valence-electron chi connectivity index (χ3n) is 2.60. The number of hydrogen-bond donors (Lipinski definition) is 0.